The zero-order valence-electron chi connectivity index (χ0n) is 13.2. The molecule has 0 aromatic rings. The summed E-state index contributed by atoms with van der Waals surface area (Å²) in [7, 11) is 0. The Balaban J connectivity index is 3.47. The van der Waals surface area contributed by atoms with Crippen LogP contribution in [0.1, 0.15) is 47.5 Å². The van der Waals surface area contributed by atoms with Crippen molar-refractivity contribution < 1.29 is 19.3 Å². The minimum absolute atomic E-state index is 0.0272. The van der Waals surface area contributed by atoms with Crippen LogP contribution in [0.3, 0.4) is 0 Å². The SMILES string of the molecule is CCC(C)CCOC(C)COC(C)COCC(C)O. The van der Waals surface area contributed by atoms with Gasteiger partial charge >= 0.3 is 0 Å². The van der Waals surface area contributed by atoms with Gasteiger partial charge in [-0.25, -0.2) is 0 Å². The topological polar surface area (TPSA) is 47.9 Å². The molecule has 0 saturated heterocycles. The lowest BCUT2D eigenvalue weighted by molar-refractivity contribution is -0.0660. The molecule has 0 saturated carbocycles. The summed E-state index contributed by atoms with van der Waals surface area (Å²) >= 11 is 0. The van der Waals surface area contributed by atoms with Crippen LogP contribution in [0.15, 0.2) is 0 Å². The van der Waals surface area contributed by atoms with Crippen molar-refractivity contribution in [3.8, 4) is 0 Å². The summed E-state index contributed by atoms with van der Waals surface area (Å²) in [5, 5.41) is 9.06. The van der Waals surface area contributed by atoms with E-state index in [1.165, 1.54) is 6.42 Å². The van der Waals surface area contributed by atoms with E-state index in [2.05, 4.69) is 13.8 Å². The van der Waals surface area contributed by atoms with Crippen molar-refractivity contribution in [1.82, 2.24) is 0 Å². The average molecular weight is 276 g/mol. The van der Waals surface area contributed by atoms with Crippen molar-refractivity contribution in [2.75, 3.05) is 26.4 Å². The molecule has 0 radical (unpaired) electrons. The monoisotopic (exact) mass is 276 g/mol. The first-order valence-electron chi connectivity index (χ1n) is 7.44. The minimum Gasteiger partial charge on any atom is -0.391 e. The molecular weight excluding hydrogens is 244 g/mol. The first kappa shape index (κ1) is 18.8. The fourth-order valence-electron chi connectivity index (χ4n) is 1.48. The Hall–Kier alpha value is -0.160. The molecule has 0 aliphatic rings. The van der Waals surface area contributed by atoms with Crippen LogP contribution in [-0.2, 0) is 14.2 Å². The Morgan fingerprint density at radius 2 is 1.53 bits per heavy atom. The Labute approximate surface area is 118 Å². The second-order valence-electron chi connectivity index (χ2n) is 5.51. The molecule has 4 unspecified atom stereocenters. The summed E-state index contributed by atoms with van der Waals surface area (Å²) in [5.74, 6) is 0.723. The fraction of sp³-hybridized carbons (Fsp3) is 1.00. The lowest BCUT2D eigenvalue weighted by Gasteiger charge is -2.19. The highest BCUT2D eigenvalue weighted by Gasteiger charge is 2.08. The molecule has 19 heavy (non-hydrogen) atoms. The Morgan fingerprint density at radius 1 is 0.895 bits per heavy atom. The van der Waals surface area contributed by atoms with Crippen molar-refractivity contribution in [2.24, 2.45) is 5.92 Å². The van der Waals surface area contributed by atoms with E-state index in [0.717, 1.165) is 18.9 Å². The molecule has 0 fully saturated rings. The van der Waals surface area contributed by atoms with Gasteiger partial charge in [0.2, 0.25) is 0 Å². The van der Waals surface area contributed by atoms with Crippen LogP contribution in [0.2, 0.25) is 0 Å². The van der Waals surface area contributed by atoms with E-state index in [0.29, 0.717) is 19.8 Å². The van der Waals surface area contributed by atoms with Gasteiger partial charge in [-0.3, -0.25) is 0 Å². The zero-order chi connectivity index (χ0) is 14.7. The van der Waals surface area contributed by atoms with Gasteiger partial charge in [0.05, 0.1) is 38.1 Å². The van der Waals surface area contributed by atoms with Crippen molar-refractivity contribution in [2.45, 2.75) is 65.8 Å². The molecule has 0 spiro atoms. The van der Waals surface area contributed by atoms with E-state index in [-0.39, 0.29) is 12.2 Å². The Morgan fingerprint density at radius 3 is 2.11 bits per heavy atom. The second-order valence-corrected chi connectivity index (χ2v) is 5.51. The van der Waals surface area contributed by atoms with Gasteiger partial charge in [-0.1, -0.05) is 20.3 Å². The largest absolute Gasteiger partial charge is 0.391 e. The van der Waals surface area contributed by atoms with Crippen LogP contribution >= 0.6 is 0 Å². The van der Waals surface area contributed by atoms with E-state index in [4.69, 9.17) is 19.3 Å². The summed E-state index contributed by atoms with van der Waals surface area (Å²) < 4.78 is 16.6. The molecule has 0 aliphatic heterocycles. The van der Waals surface area contributed by atoms with Gasteiger partial charge in [-0.2, -0.15) is 0 Å². The van der Waals surface area contributed by atoms with Crippen LogP contribution in [0, 0.1) is 5.92 Å². The van der Waals surface area contributed by atoms with Crippen molar-refractivity contribution in [3.05, 3.63) is 0 Å². The van der Waals surface area contributed by atoms with Gasteiger partial charge in [0.25, 0.3) is 0 Å². The number of aliphatic hydroxyl groups is 1. The molecule has 1 N–H and O–H groups in total. The van der Waals surface area contributed by atoms with E-state index >= 15 is 0 Å². The molecule has 4 heteroatoms. The molecule has 0 aromatic heterocycles. The maximum absolute atomic E-state index is 9.06. The van der Waals surface area contributed by atoms with Gasteiger partial charge in [0, 0.05) is 6.61 Å². The standard InChI is InChI=1S/C15H32O4/c1-6-12(2)7-8-18-15(5)11-19-14(4)10-17-9-13(3)16/h12-16H,6-11H2,1-5H3. The number of hydrogen-bond acceptors (Lipinski definition) is 4. The van der Waals surface area contributed by atoms with Crippen molar-refractivity contribution in [3.63, 3.8) is 0 Å². The third kappa shape index (κ3) is 12.6. The van der Waals surface area contributed by atoms with Crippen LogP contribution in [0.25, 0.3) is 0 Å². The normalized spacial score (nSPS) is 18.0. The minimum atomic E-state index is -0.421. The fourth-order valence-corrected chi connectivity index (χ4v) is 1.48. The van der Waals surface area contributed by atoms with Crippen LogP contribution in [0.5, 0.6) is 0 Å². The number of hydrogen-bond donors (Lipinski definition) is 1. The summed E-state index contributed by atoms with van der Waals surface area (Å²) in [6.07, 6.45) is 2.03. The number of ether oxygens (including phenoxy) is 3. The maximum atomic E-state index is 9.06. The van der Waals surface area contributed by atoms with Gasteiger partial charge < -0.3 is 19.3 Å². The second kappa shape index (κ2) is 11.6. The first-order chi connectivity index (χ1) is 8.95. The van der Waals surface area contributed by atoms with Gasteiger partial charge in [0.1, 0.15) is 0 Å². The van der Waals surface area contributed by atoms with Gasteiger partial charge in [-0.05, 0) is 33.1 Å². The third-order valence-electron chi connectivity index (χ3n) is 3.04. The molecule has 116 valence electrons. The first-order valence-corrected chi connectivity index (χ1v) is 7.44. The Kier molecular flexibility index (Phi) is 11.6. The van der Waals surface area contributed by atoms with E-state index < -0.39 is 6.10 Å². The maximum Gasteiger partial charge on any atom is 0.0781 e. The highest BCUT2D eigenvalue weighted by molar-refractivity contribution is 4.55. The lowest BCUT2D eigenvalue weighted by Crippen LogP contribution is -2.25. The third-order valence-corrected chi connectivity index (χ3v) is 3.04. The smallest absolute Gasteiger partial charge is 0.0781 e. The molecular formula is C15H32O4. The highest BCUT2D eigenvalue weighted by Crippen LogP contribution is 2.07. The number of aliphatic hydroxyl groups excluding tert-OH is 1. The highest BCUT2D eigenvalue weighted by atomic mass is 16.6. The van der Waals surface area contributed by atoms with Gasteiger partial charge in [0.15, 0.2) is 0 Å². The quantitative estimate of drug-likeness (QED) is 0.595. The molecule has 0 bridgehead atoms. The predicted molar refractivity (Wildman–Crippen MR) is 77.4 cm³/mol. The zero-order valence-corrected chi connectivity index (χ0v) is 13.2. The summed E-state index contributed by atoms with van der Waals surface area (Å²) in [4.78, 5) is 0. The van der Waals surface area contributed by atoms with Crippen molar-refractivity contribution in [1.29, 1.82) is 0 Å². The molecule has 0 rings (SSSR count). The van der Waals surface area contributed by atoms with E-state index in [9.17, 15) is 0 Å². The van der Waals surface area contributed by atoms with Crippen LogP contribution in [-0.4, -0.2) is 49.8 Å². The summed E-state index contributed by atoms with van der Waals surface area (Å²) in [5.41, 5.74) is 0. The molecule has 0 aromatic carbocycles. The molecule has 0 heterocycles. The molecule has 0 amide bonds. The van der Waals surface area contributed by atoms with E-state index in [1.54, 1.807) is 6.92 Å². The predicted octanol–water partition coefficient (Wildman–Crippen LogP) is 2.63. The van der Waals surface area contributed by atoms with Crippen LogP contribution in [0.4, 0.5) is 0 Å². The summed E-state index contributed by atoms with van der Waals surface area (Å²) in [6.45, 7) is 12.4. The lowest BCUT2D eigenvalue weighted by atomic mass is 10.1. The van der Waals surface area contributed by atoms with Crippen molar-refractivity contribution >= 4 is 0 Å². The molecule has 4 atom stereocenters. The number of rotatable bonds is 12. The Bertz CT molecular complexity index is 197. The average Bonchev–Trinajstić information content (AvgIpc) is 2.35. The van der Waals surface area contributed by atoms with Gasteiger partial charge in [-0.15, -0.1) is 0 Å². The molecule has 0 aliphatic carbocycles. The molecule has 4 nitrogen and oxygen atoms in total. The summed E-state index contributed by atoms with van der Waals surface area (Å²) in [6, 6.07) is 0. The van der Waals surface area contributed by atoms with Crippen LogP contribution < -0.4 is 0 Å². The van der Waals surface area contributed by atoms with E-state index in [1.807, 2.05) is 13.8 Å².